The zero-order valence-electron chi connectivity index (χ0n) is 34.9. The second-order valence-corrected chi connectivity index (χ2v) is 18.9. The fraction of sp³-hybridized carbons (Fsp3) is 0.469. The van der Waals surface area contributed by atoms with E-state index in [0.29, 0.717) is 19.0 Å². The third kappa shape index (κ3) is 7.71. The van der Waals surface area contributed by atoms with Crippen molar-refractivity contribution >= 4 is 40.7 Å². The lowest BCUT2D eigenvalue weighted by Crippen LogP contribution is -2.34. The molecule has 0 saturated carbocycles. The van der Waals surface area contributed by atoms with Crippen LogP contribution in [0.25, 0.3) is 11.0 Å². The van der Waals surface area contributed by atoms with Crippen LogP contribution in [0, 0.1) is 6.92 Å². The van der Waals surface area contributed by atoms with Gasteiger partial charge in [0.25, 0.3) is 0 Å². The molecule has 1 aromatic heterocycles. The Hall–Kier alpha value is -3.92. The molecule has 4 heteroatoms. The number of rotatable bonds is 11. The van der Waals surface area contributed by atoms with E-state index in [1.807, 2.05) is 6.08 Å². The van der Waals surface area contributed by atoms with Crippen LogP contribution >= 0.6 is 0 Å². The van der Waals surface area contributed by atoms with Gasteiger partial charge >= 0.3 is 0 Å². The number of nitrogens with one attached hydrogen (secondary N) is 1. The summed E-state index contributed by atoms with van der Waals surface area (Å²) in [4.78, 5) is 2.43. The highest BCUT2D eigenvalue weighted by Crippen LogP contribution is 2.49. The molecular formula is C49H64BN2O. The molecule has 0 aliphatic heterocycles. The molecule has 0 amide bonds. The van der Waals surface area contributed by atoms with Crippen LogP contribution in [-0.2, 0) is 21.7 Å². The molecule has 2 aliphatic carbocycles. The van der Waals surface area contributed by atoms with E-state index >= 15 is 0 Å². The highest BCUT2D eigenvalue weighted by Gasteiger charge is 2.39. The van der Waals surface area contributed by atoms with Crippen molar-refractivity contribution in [3.05, 3.63) is 118 Å². The van der Waals surface area contributed by atoms with Crippen LogP contribution < -0.4 is 21.3 Å². The molecular weight excluding hydrogens is 643 g/mol. The normalized spacial score (nSPS) is 18.5. The molecule has 279 valence electrons. The number of aryl methyl sites for hydroxylation is 1. The first kappa shape index (κ1) is 38.8. The summed E-state index contributed by atoms with van der Waals surface area (Å²) in [5.74, 6) is 0.488. The van der Waals surface area contributed by atoms with Gasteiger partial charge in [-0.05, 0) is 131 Å². The van der Waals surface area contributed by atoms with Gasteiger partial charge < -0.3 is 14.6 Å². The van der Waals surface area contributed by atoms with Gasteiger partial charge in [0, 0.05) is 29.9 Å². The molecule has 0 saturated heterocycles. The first-order valence-corrected chi connectivity index (χ1v) is 20.0. The van der Waals surface area contributed by atoms with Crippen LogP contribution in [0.5, 0.6) is 0 Å². The minimum Gasteiger partial charge on any atom is -0.469 e. The second-order valence-electron chi connectivity index (χ2n) is 18.9. The number of hydrogen-bond acceptors (Lipinski definition) is 3. The van der Waals surface area contributed by atoms with Gasteiger partial charge in [-0.3, -0.25) is 0 Å². The molecule has 1 N–H and O–H groups in total. The standard InChI is InChI=1S/C49H64BN2O/c1-14-16-36(51-42-30-40-38(28-33(42)5)46(6,7)22-24-48(40,10)11)21-27-52(26-15-2)44-37-29-39-41(49(12,13)25-23-47(39,8)9)31-43(37)53-45(44)50-35-19-17-34(18-20-35)32(3)4/h14-21,28-32,51H,2,22-27H2,1,3-13H3/b16-14-,36-21+. The number of furan rings is 1. The number of hydrogen-bond donors (Lipinski definition) is 1. The molecule has 0 unspecified atom stereocenters. The van der Waals surface area contributed by atoms with Crippen LogP contribution in [0.15, 0.2) is 89.5 Å². The molecule has 0 atom stereocenters. The molecule has 0 spiro atoms. The lowest BCUT2D eigenvalue weighted by atomic mass is 9.63. The van der Waals surface area contributed by atoms with E-state index in [2.05, 4.69) is 174 Å². The topological polar surface area (TPSA) is 28.4 Å². The van der Waals surface area contributed by atoms with Crippen molar-refractivity contribution in [3.63, 3.8) is 0 Å². The van der Waals surface area contributed by atoms with Crippen molar-refractivity contribution in [2.24, 2.45) is 0 Å². The number of allylic oxidation sites excluding steroid dienone is 2. The molecule has 53 heavy (non-hydrogen) atoms. The first-order valence-electron chi connectivity index (χ1n) is 20.0. The maximum Gasteiger partial charge on any atom is 0.243 e. The van der Waals surface area contributed by atoms with Crippen LogP contribution in [0.1, 0.15) is 141 Å². The maximum absolute atomic E-state index is 6.91. The summed E-state index contributed by atoms with van der Waals surface area (Å²) in [6.07, 6.45) is 13.4. The third-order valence-corrected chi connectivity index (χ3v) is 12.6. The Morgan fingerprint density at radius 2 is 1.36 bits per heavy atom. The van der Waals surface area contributed by atoms with Crippen LogP contribution in [-0.4, -0.2) is 20.4 Å². The van der Waals surface area contributed by atoms with Gasteiger partial charge in [-0.15, -0.1) is 6.58 Å². The van der Waals surface area contributed by atoms with E-state index in [-0.39, 0.29) is 21.7 Å². The summed E-state index contributed by atoms with van der Waals surface area (Å²) in [7, 11) is 2.22. The Morgan fingerprint density at radius 3 is 1.91 bits per heavy atom. The average Bonchev–Trinajstić information content (AvgIpc) is 3.44. The van der Waals surface area contributed by atoms with Gasteiger partial charge in [0.15, 0.2) is 0 Å². The summed E-state index contributed by atoms with van der Waals surface area (Å²) in [5.41, 5.74) is 15.3. The van der Waals surface area contributed by atoms with E-state index < -0.39 is 0 Å². The Kier molecular flexibility index (Phi) is 10.5. The van der Waals surface area contributed by atoms with Crippen LogP contribution in [0.4, 0.5) is 11.4 Å². The van der Waals surface area contributed by atoms with E-state index in [1.54, 1.807) is 0 Å². The van der Waals surface area contributed by atoms with E-state index in [4.69, 9.17) is 4.42 Å². The molecule has 2 aliphatic rings. The van der Waals surface area contributed by atoms with E-state index in [1.165, 1.54) is 70.1 Å². The minimum atomic E-state index is 0.0901. The quantitative estimate of drug-likeness (QED) is 0.0956. The zero-order chi connectivity index (χ0) is 38.5. The Bertz CT molecular complexity index is 2050. The largest absolute Gasteiger partial charge is 0.469 e. The Balaban J connectivity index is 1.44. The summed E-state index contributed by atoms with van der Waals surface area (Å²) >= 11 is 0. The van der Waals surface area contributed by atoms with Gasteiger partial charge in [-0.1, -0.05) is 117 Å². The smallest absolute Gasteiger partial charge is 0.243 e. The Labute approximate surface area is 322 Å². The minimum absolute atomic E-state index is 0.0901. The highest BCUT2D eigenvalue weighted by molar-refractivity contribution is 6.68. The summed E-state index contributed by atoms with van der Waals surface area (Å²) < 4.78 is 6.91. The average molecular weight is 708 g/mol. The lowest BCUT2D eigenvalue weighted by molar-refractivity contribution is 0.332. The van der Waals surface area contributed by atoms with E-state index in [9.17, 15) is 0 Å². The van der Waals surface area contributed by atoms with Gasteiger partial charge in [0.2, 0.25) is 7.28 Å². The first-order chi connectivity index (χ1) is 24.9. The van der Waals surface area contributed by atoms with Crippen molar-refractivity contribution in [1.82, 2.24) is 0 Å². The van der Waals surface area contributed by atoms with Gasteiger partial charge in [0.05, 0.1) is 11.3 Å². The molecule has 1 radical (unpaired) electrons. The fourth-order valence-corrected chi connectivity index (χ4v) is 8.69. The molecule has 3 nitrogen and oxygen atoms in total. The number of fused-ring (bicyclic) bond motifs is 3. The van der Waals surface area contributed by atoms with Crippen molar-refractivity contribution in [2.45, 2.75) is 136 Å². The van der Waals surface area contributed by atoms with Crippen molar-refractivity contribution < 1.29 is 4.42 Å². The fourth-order valence-electron chi connectivity index (χ4n) is 8.69. The highest BCUT2D eigenvalue weighted by atomic mass is 16.3. The van der Waals surface area contributed by atoms with Crippen molar-refractivity contribution in [1.29, 1.82) is 0 Å². The summed E-state index contributed by atoms with van der Waals surface area (Å²) in [6.45, 7) is 33.6. The monoisotopic (exact) mass is 708 g/mol. The lowest BCUT2D eigenvalue weighted by Gasteiger charge is -2.42. The summed E-state index contributed by atoms with van der Waals surface area (Å²) in [6, 6.07) is 18.6. The number of anilines is 2. The maximum atomic E-state index is 6.91. The summed E-state index contributed by atoms with van der Waals surface area (Å²) in [5, 5.41) is 5.04. The van der Waals surface area contributed by atoms with Gasteiger partial charge in [-0.2, -0.15) is 0 Å². The molecule has 3 aromatic carbocycles. The van der Waals surface area contributed by atoms with Gasteiger partial charge in [0.1, 0.15) is 5.58 Å². The number of benzene rings is 3. The number of nitrogens with zero attached hydrogens (tertiary/aromatic N) is 1. The zero-order valence-corrected chi connectivity index (χ0v) is 34.9. The Morgan fingerprint density at radius 1 is 0.811 bits per heavy atom. The van der Waals surface area contributed by atoms with Gasteiger partial charge in [-0.25, -0.2) is 0 Å². The SMILES string of the molecule is C=CCN(C/C=C(\C=C/C)Nc1cc2c(cc1C)C(C)(C)CCC2(C)C)c1c([B]c2ccc(C(C)C)cc2)oc2cc3c(cc12)C(C)(C)CCC3(C)C. The molecule has 0 fully saturated rings. The van der Waals surface area contributed by atoms with Crippen LogP contribution in [0.2, 0.25) is 0 Å². The third-order valence-electron chi connectivity index (χ3n) is 12.6. The molecule has 4 aromatic rings. The molecule has 0 bridgehead atoms. The predicted molar refractivity (Wildman–Crippen MR) is 232 cm³/mol. The second kappa shape index (κ2) is 14.4. The van der Waals surface area contributed by atoms with Crippen molar-refractivity contribution in [3.8, 4) is 0 Å². The van der Waals surface area contributed by atoms with Crippen molar-refractivity contribution in [2.75, 3.05) is 23.3 Å². The van der Waals surface area contributed by atoms with Crippen LogP contribution in [0.3, 0.4) is 0 Å². The molecule has 1 heterocycles. The molecule has 6 rings (SSSR count). The predicted octanol–water partition coefficient (Wildman–Crippen LogP) is 11.8. The van der Waals surface area contributed by atoms with E-state index in [0.717, 1.165) is 28.1 Å².